The van der Waals surface area contributed by atoms with E-state index in [4.69, 9.17) is 92.8 Å². The SMILES string of the molecule is CC(C(=O)O)c1cccc(B(O)O)c1.CC(C(=O)O)c1cccc(Br)c1.COc1nc(Cl)cc(NCCc2ccc(Cl)cc2Cl)n1.COc1nc(NCCc2ccc(Cl)cc2Cl)cc(-c2cccc(C(C)C(=O)O)c2)n1.Cl.O=C(O)Cc1cccc(Br)c1. The fourth-order valence-electron chi connectivity index (χ4n) is 7.41. The lowest BCUT2D eigenvalue weighted by molar-refractivity contribution is -0.139. The molecule has 18 nitrogen and oxygen atoms in total. The predicted molar refractivity (Wildman–Crippen MR) is 356 cm³/mol. The molecule has 2 aromatic heterocycles. The lowest BCUT2D eigenvalue weighted by Crippen LogP contribution is -2.30. The molecule has 27 heteroatoms. The van der Waals surface area contributed by atoms with E-state index in [1.807, 2.05) is 72.8 Å². The minimum atomic E-state index is -1.56. The Bertz CT molecular complexity index is 3600. The van der Waals surface area contributed by atoms with Crippen LogP contribution in [0, 0.1) is 0 Å². The zero-order valence-corrected chi connectivity index (χ0v) is 55.4. The molecule has 0 spiro atoms. The van der Waals surface area contributed by atoms with Crippen molar-refractivity contribution >= 4 is 150 Å². The highest BCUT2D eigenvalue weighted by molar-refractivity contribution is 9.10. The van der Waals surface area contributed by atoms with Crippen LogP contribution in [-0.2, 0) is 38.4 Å². The molecule has 0 fully saturated rings. The molecule has 0 aliphatic carbocycles. The molecule has 3 atom stereocenters. The maximum absolute atomic E-state index is 11.3. The van der Waals surface area contributed by atoms with Crippen LogP contribution in [0.2, 0.25) is 25.2 Å². The van der Waals surface area contributed by atoms with Crippen LogP contribution in [0.4, 0.5) is 11.6 Å². The number of hydrogen-bond acceptors (Lipinski definition) is 14. The Morgan fingerprint density at radius 3 is 1.43 bits per heavy atom. The summed E-state index contributed by atoms with van der Waals surface area (Å²) in [6, 6.07) is 42.9. The molecule has 0 saturated carbocycles. The highest BCUT2D eigenvalue weighted by atomic mass is 79.9. The van der Waals surface area contributed by atoms with Gasteiger partial charge in [-0.3, -0.25) is 19.2 Å². The van der Waals surface area contributed by atoms with Gasteiger partial charge in [-0.25, -0.2) is 0 Å². The van der Waals surface area contributed by atoms with E-state index in [-0.39, 0.29) is 30.8 Å². The van der Waals surface area contributed by atoms with Gasteiger partial charge in [0.1, 0.15) is 16.8 Å². The molecule has 0 saturated heterocycles. The second-order valence-corrected chi connectivity index (χ2v) is 22.5. The topological polar surface area (TPSA) is 284 Å². The first-order valence-corrected chi connectivity index (χ1v) is 29.6. The van der Waals surface area contributed by atoms with Crippen LogP contribution in [0.1, 0.15) is 71.9 Å². The summed E-state index contributed by atoms with van der Waals surface area (Å²) in [7, 11) is 1.43. The minimum absolute atomic E-state index is 0. The zero-order valence-electron chi connectivity index (χ0n) is 47.7. The number of benzene rings is 6. The van der Waals surface area contributed by atoms with Crippen LogP contribution in [0.25, 0.3) is 11.3 Å². The summed E-state index contributed by atoms with van der Waals surface area (Å²) in [6.45, 7) is 6.11. The van der Waals surface area contributed by atoms with Crippen LogP contribution in [0.3, 0.4) is 0 Å². The number of nitrogens with one attached hydrogen (secondary N) is 2. The first-order valence-electron chi connectivity index (χ1n) is 26.1. The van der Waals surface area contributed by atoms with Crippen molar-refractivity contribution in [3.8, 4) is 23.3 Å². The third-order valence-corrected chi connectivity index (χ3v) is 14.6. The third kappa shape index (κ3) is 26.5. The highest BCUT2D eigenvalue weighted by Crippen LogP contribution is 2.28. The minimum Gasteiger partial charge on any atom is -0.481 e. The smallest absolute Gasteiger partial charge is 0.481 e. The maximum atomic E-state index is 11.3. The standard InChI is InChI=1S/C22H21Cl2N3O3.C13H12Cl3N3O.C9H11BO4.C9H9BrO2.C8H7BrO2.ClH/c1-13(21(28)29)15-4-3-5-16(10-15)19-12-20(27-22(26-19)30-2)25-9-8-14-6-7-17(23)11-18(14)24;1-20-13-18-11(16)7-12(19-13)17-5-4-8-2-3-9(14)6-10(8)15;1-6(9(11)12)7-3-2-4-8(5-7)10(13)14;1-6(9(11)12)7-3-2-4-8(10)5-7;9-7-3-1-2-6(4-7)5-8(10)11;/h3-7,10-13H,8-9H2,1-2H3,(H,28,29)(H,25,26,27);2-3,6-7H,4-5H2,1H3,(H,17,18,19);2-6,13-14H,1H3,(H,11,12);2-6H,1H3,(H,11,12);1-4H,5H2,(H,10,11);1H. The Morgan fingerprint density at radius 1 is 0.534 bits per heavy atom. The second kappa shape index (κ2) is 38.6. The molecule has 0 radical (unpaired) electrons. The largest absolute Gasteiger partial charge is 0.488 e. The van der Waals surface area contributed by atoms with Crippen molar-refractivity contribution in [1.29, 1.82) is 0 Å². The van der Waals surface area contributed by atoms with Crippen LogP contribution < -0.4 is 25.6 Å². The predicted octanol–water partition coefficient (Wildman–Crippen LogP) is 14.1. The number of methoxy groups -OCH3 is 2. The number of halogens is 8. The van der Waals surface area contributed by atoms with Crippen molar-refractivity contribution in [2.45, 2.75) is 57.8 Å². The van der Waals surface area contributed by atoms with Crippen LogP contribution in [0.15, 0.2) is 155 Å². The fourth-order valence-corrected chi connectivity index (χ4v) is 9.46. The summed E-state index contributed by atoms with van der Waals surface area (Å²) in [4.78, 5) is 59.6. The number of rotatable bonds is 20. The average Bonchev–Trinajstić information content (AvgIpc) is 3.68. The average molecular weight is 1450 g/mol. The van der Waals surface area contributed by atoms with Crippen molar-refractivity contribution in [2.24, 2.45) is 0 Å². The monoisotopic (exact) mass is 1450 g/mol. The van der Waals surface area contributed by atoms with E-state index in [1.54, 1.807) is 81.4 Å². The van der Waals surface area contributed by atoms with Crippen molar-refractivity contribution in [1.82, 2.24) is 19.9 Å². The first kappa shape index (κ1) is 75.5. The lowest BCUT2D eigenvalue weighted by atomic mass is 9.78. The van der Waals surface area contributed by atoms with Gasteiger partial charge in [-0.15, -0.1) is 12.4 Å². The molecule has 2 heterocycles. The van der Waals surface area contributed by atoms with E-state index < -0.39 is 48.7 Å². The van der Waals surface area contributed by atoms with Gasteiger partial charge in [-0.2, -0.15) is 19.9 Å². The van der Waals surface area contributed by atoms with Gasteiger partial charge in [-0.05, 0) is 127 Å². The summed E-state index contributed by atoms with van der Waals surface area (Å²) in [5.41, 5.74) is 6.59. The lowest BCUT2D eigenvalue weighted by Gasteiger charge is -2.12. The molecule has 0 bridgehead atoms. The summed E-state index contributed by atoms with van der Waals surface area (Å²) in [5.74, 6) is -3.92. The summed E-state index contributed by atoms with van der Waals surface area (Å²) >= 11 is 36.5. The van der Waals surface area contributed by atoms with Gasteiger partial charge in [0.05, 0.1) is 44.1 Å². The number of carbonyl (C=O) groups is 4. The van der Waals surface area contributed by atoms with E-state index in [9.17, 15) is 24.3 Å². The molecule has 0 aliphatic heterocycles. The Hall–Kier alpha value is -6.76. The molecule has 466 valence electrons. The third-order valence-electron chi connectivity index (χ3n) is 12.3. The summed E-state index contributed by atoms with van der Waals surface area (Å²) in [6.07, 6.45) is 1.50. The van der Waals surface area contributed by atoms with Gasteiger partial charge >= 0.3 is 43.0 Å². The van der Waals surface area contributed by atoms with Gasteiger partial charge in [-0.1, -0.05) is 169 Å². The summed E-state index contributed by atoms with van der Waals surface area (Å²) < 4.78 is 12.0. The van der Waals surface area contributed by atoms with E-state index in [0.29, 0.717) is 78.7 Å². The number of anilines is 2. The normalized spacial score (nSPS) is 11.2. The van der Waals surface area contributed by atoms with Crippen molar-refractivity contribution < 1.29 is 59.1 Å². The van der Waals surface area contributed by atoms with E-state index >= 15 is 0 Å². The highest BCUT2D eigenvalue weighted by Gasteiger charge is 2.19. The quantitative estimate of drug-likeness (QED) is 0.0260. The number of aromatic nitrogens is 4. The number of aliphatic carboxylic acids is 4. The molecule has 88 heavy (non-hydrogen) atoms. The Balaban J connectivity index is 0.000000304. The Morgan fingerprint density at radius 2 is 0.977 bits per heavy atom. The number of ether oxygens (including phenoxy) is 2. The van der Waals surface area contributed by atoms with E-state index in [1.165, 1.54) is 26.4 Å². The van der Waals surface area contributed by atoms with Crippen molar-refractivity contribution in [3.05, 3.63) is 213 Å². The number of carboxylic acids is 4. The zero-order chi connectivity index (χ0) is 64.3. The van der Waals surface area contributed by atoms with Crippen molar-refractivity contribution in [2.75, 3.05) is 37.9 Å². The van der Waals surface area contributed by atoms with E-state index in [0.717, 1.165) is 43.2 Å². The molecule has 0 amide bonds. The van der Waals surface area contributed by atoms with E-state index in [2.05, 4.69) is 62.4 Å². The molecule has 8 N–H and O–H groups in total. The van der Waals surface area contributed by atoms with Gasteiger partial charge < -0.3 is 50.6 Å². The Kier molecular flexibility index (Phi) is 33.1. The van der Waals surface area contributed by atoms with Gasteiger partial charge in [0, 0.05) is 59.8 Å². The summed E-state index contributed by atoms with van der Waals surface area (Å²) in [5, 5.41) is 62.1. The molecule has 3 unspecified atom stereocenters. The van der Waals surface area contributed by atoms with Gasteiger partial charge in [0.25, 0.3) is 0 Å². The first-order chi connectivity index (χ1) is 41.3. The molecule has 8 rings (SSSR count). The molecular weight excluding hydrogens is 1390 g/mol. The van der Waals surface area contributed by atoms with Gasteiger partial charge in [0.2, 0.25) is 0 Å². The number of carboxylic acid groups (broad SMARTS) is 4. The maximum Gasteiger partial charge on any atom is 0.488 e. The van der Waals surface area contributed by atoms with Crippen molar-refractivity contribution in [3.63, 3.8) is 0 Å². The van der Waals surface area contributed by atoms with Crippen LogP contribution in [0.5, 0.6) is 12.0 Å². The Labute approximate surface area is 557 Å². The van der Waals surface area contributed by atoms with Crippen LogP contribution in [-0.4, -0.2) is 109 Å². The van der Waals surface area contributed by atoms with Crippen LogP contribution >= 0.6 is 102 Å². The molecule has 0 aliphatic rings. The second-order valence-electron chi connectivity index (χ2n) is 18.6. The molecule has 8 aromatic rings. The molecular formula is C61H61BBr2Cl6N6O12. The molecule has 6 aromatic carbocycles. The van der Waals surface area contributed by atoms with Gasteiger partial charge in [0.15, 0.2) is 0 Å². The number of nitrogens with zero attached hydrogens (tertiary/aromatic N) is 4. The number of hydrogen-bond donors (Lipinski definition) is 8. The fraction of sp³-hybridized carbons (Fsp3) is 0.213.